The molecule has 0 bridgehead atoms. The summed E-state index contributed by atoms with van der Waals surface area (Å²) in [6.45, 7) is -0.966. The van der Waals surface area contributed by atoms with E-state index in [-0.39, 0.29) is 24.3 Å². The highest BCUT2D eigenvalue weighted by atomic mass is 32.2. The van der Waals surface area contributed by atoms with Gasteiger partial charge in [0.15, 0.2) is 0 Å². The highest BCUT2D eigenvalue weighted by molar-refractivity contribution is 8.01. The number of amides is 1. The molecule has 1 heterocycles. The zero-order valence-electron chi connectivity index (χ0n) is 10.3. The van der Waals surface area contributed by atoms with Gasteiger partial charge in [-0.15, -0.1) is 11.8 Å². The van der Waals surface area contributed by atoms with Gasteiger partial charge in [-0.05, 0) is 18.1 Å². The summed E-state index contributed by atoms with van der Waals surface area (Å²) in [7, 11) is 0. The normalized spacial score (nSPS) is 17.6. The van der Waals surface area contributed by atoms with Crippen LogP contribution in [-0.2, 0) is 11.2 Å². The van der Waals surface area contributed by atoms with E-state index in [4.69, 9.17) is 5.11 Å². The third-order valence-corrected chi connectivity index (χ3v) is 4.27. The number of fused-ring (bicyclic) bond motifs is 1. The zero-order valence-corrected chi connectivity index (χ0v) is 11.1. The Kier molecular flexibility index (Phi) is 4.76. The molecule has 1 N–H and O–H groups in total. The number of alkyl halides is 2. The molecule has 0 fully saturated rings. The van der Waals surface area contributed by atoms with Crippen LogP contribution in [0, 0.1) is 0 Å². The number of benzene rings is 1. The quantitative estimate of drug-likeness (QED) is 0.897. The lowest BCUT2D eigenvalue weighted by molar-refractivity contribution is -0.133. The highest BCUT2D eigenvalue weighted by Gasteiger charge is 2.32. The van der Waals surface area contributed by atoms with Gasteiger partial charge in [0, 0.05) is 11.4 Å². The van der Waals surface area contributed by atoms with Gasteiger partial charge in [-0.25, -0.2) is 8.78 Å². The number of halogens is 2. The molecular formula is C13H15F2NO2S. The minimum atomic E-state index is -2.58. The van der Waals surface area contributed by atoms with Gasteiger partial charge in [0.1, 0.15) is 0 Å². The molecule has 1 aromatic rings. The SMILES string of the molecule is O=C(C1Cc2ccccc2S1)N(CCO)CC(F)F. The van der Waals surface area contributed by atoms with Crippen LogP contribution in [0.5, 0.6) is 0 Å². The van der Waals surface area contributed by atoms with Crippen molar-refractivity contribution < 1.29 is 18.7 Å². The van der Waals surface area contributed by atoms with Crippen LogP contribution in [0.25, 0.3) is 0 Å². The molecule has 0 radical (unpaired) electrons. The number of aliphatic hydroxyl groups is 1. The van der Waals surface area contributed by atoms with E-state index < -0.39 is 13.0 Å². The standard InChI is InChI=1S/C13H15F2NO2S/c14-12(15)8-16(5-6-17)13(18)11-7-9-3-1-2-4-10(9)19-11/h1-4,11-12,17H,5-8H2. The average Bonchev–Trinajstić information content (AvgIpc) is 2.80. The molecule has 0 saturated heterocycles. The second-order valence-corrected chi connectivity index (χ2v) is 5.56. The number of rotatable bonds is 5. The lowest BCUT2D eigenvalue weighted by Gasteiger charge is -2.24. The van der Waals surface area contributed by atoms with Crippen molar-refractivity contribution in [2.75, 3.05) is 19.7 Å². The highest BCUT2D eigenvalue weighted by Crippen LogP contribution is 2.37. The van der Waals surface area contributed by atoms with Crippen LogP contribution in [0.3, 0.4) is 0 Å². The molecule has 1 unspecified atom stereocenters. The lowest BCUT2D eigenvalue weighted by atomic mass is 10.1. The van der Waals surface area contributed by atoms with Gasteiger partial charge in [0.25, 0.3) is 6.43 Å². The molecule has 0 aromatic heterocycles. The van der Waals surface area contributed by atoms with Crippen LogP contribution in [0.1, 0.15) is 5.56 Å². The smallest absolute Gasteiger partial charge is 0.255 e. The largest absolute Gasteiger partial charge is 0.395 e. The van der Waals surface area contributed by atoms with Gasteiger partial charge < -0.3 is 10.0 Å². The third kappa shape index (κ3) is 3.45. The molecule has 1 atom stereocenters. The fourth-order valence-electron chi connectivity index (χ4n) is 2.10. The van der Waals surface area contributed by atoms with Crippen LogP contribution in [0.2, 0.25) is 0 Å². The third-order valence-electron chi connectivity index (χ3n) is 2.96. The van der Waals surface area contributed by atoms with E-state index in [1.165, 1.54) is 11.8 Å². The molecule has 104 valence electrons. The molecule has 6 heteroatoms. The van der Waals surface area contributed by atoms with Crippen LogP contribution in [-0.4, -0.2) is 47.3 Å². The van der Waals surface area contributed by atoms with Gasteiger partial charge in [-0.3, -0.25) is 4.79 Å². The molecule has 1 aliphatic rings. The van der Waals surface area contributed by atoms with Crippen LogP contribution in [0.15, 0.2) is 29.2 Å². The summed E-state index contributed by atoms with van der Waals surface area (Å²) in [6.07, 6.45) is -2.02. The van der Waals surface area contributed by atoms with Crippen molar-refractivity contribution in [3.05, 3.63) is 29.8 Å². The Labute approximate surface area is 114 Å². The molecule has 1 aromatic carbocycles. The number of nitrogens with zero attached hydrogens (tertiary/aromatic N) is 1. The Morgan fingerprint density at radius 1 is 1.47 bits per heavy atom. The van der Waals surface area contributed by atoms with Gasteiger partial charge in [-0.2, -0.15) is 0 Å². The predicted octanol–water partition coefficient (Wildman–Crippen LogP) is 1.79. The minimum Gasteiger partial charge on any atom is -0.395 e. The number of hydrogen-bond acceptors (Lipinski definition) is 3. The second kappa shape index (κ2) is 6.34. The Morgan fingerprint density at radius 2 is 2.21 bits per heavy atom. The van der Waals surface area contributed by atoms with E-state index in [1.54, 1.807) is 0 Å². The van der Waals surface area contributed by atoms with Crippen molar-refractivity contribution in [1.29, 1.82) is 0 Å². The van der Waals surface area contributed by atoms with Gasteiger partial charge in [0.2, 0.25) is 5.91 Å². The van der Waals surface area contributed by atoms with Crippen molar-refractivity contribution in [3.8, 4) is 0 Å². The van der Waals surface area contributed by atoms with Crippen LogP contribution < -0.4 is 0 Å². The molecule has 0 saturated carbocycles. The van der Waals surface area contributed by atoms with E-state index in [0.29, 0.717) is 6.42 Å². The molecule has 1 aliphatic heterocycles. The summed E-state index contributed by atoms with van der Waals surface area (Å²) in [6, 6.07) is 7.66. The first-order valence-electron chi connectivity index (χ1n) is 6.04. The first kappa shape index (κ1) is 14.3. The number of thioether (sulfide) groups is 1. The maximum atomic E-state index is 12.4. The summed E-state index contributed by atoms with van der Waals surface area (Å²) >= 11 is 1.41. The molecule has 2 rings (SSSR count). The van der Waals surface area contributed by atoms with Gasteiger partial charge in [0.05, 0.1) is 18.4 Å². The van der Waals surface area contributed by atoms with Crippen LogP contribution in [0.4, 0.5) is 8.78 Å². The molecule has 0 aliphatic carbocycles. The van der Waals surface area contributed by atoms with Crippen molar-refractivity contribution in [1.82, 2.24) is 4.90 Å². The number of hydrogen-bond donors (Lipinski definition) is 1. The van der Waals surface area contributed by atoms with E-state index in [0.717, 1.165) is 15.4 Å². The summed E-state index contributed by atoms with van der Waals surface area (Å²) < 4.78 is 24.9. The Morgan fingerprint density at radius 3 is 2.84 bits per heavy atom. The molecule has 1 amide bonds. The van der Waals surface area contributed by atoms with E-state index in [9.17, 15) is 13.6 Å². The van der Waals surface area contributed by atoms with Crippen molar-refractivity contribution >= 4 is 17.7 Å². The van der Waals surface area contributed by atoms with Crippen LogP contribution >= 0.6 is 11.8 Å². The monoisotopic (exact) mass is 287 g/mol. The van der Waals surface area contributed by atoms with Gasteiger partial charge in [-0.1, -0.05) is 18.2 Å². The summed E-state index contributed by atoms with van der Waals surface area (Å²) in [5, 5.41) is 8.51. The van der Waals surface area contributed by atoms with E-state index >= 15 is 0 Å². The van der Waals surface area contributed by atoms with Crippen molar-refractivity contribution in [2.45, 2.75) is 23.0 Å². The fourth-order valence-corrected chi connectivity index (χ4v) is 3.38. The van der Waals surface area contributed by atoms with Crippen molar-refractivity contribution in [3.63, 3.8) is 0 Å². The number of carbonyl (C=O) groups is 1. The van der Waals surface area contributed by atoms with E-state index in [2.05, 4.69) is 0 Å². The van der Waals surface area contributed by atoms with E-state index in [1.807, 2.05) is 24.3 Å². The topological polar surface area (TPSA) is 40.5 Å². The second-order valence-electron chi connectivity index (χ2n) is 4.32. The predicted molar refractivity (Wildman–Crippen MR) is 69.5 cm³/mol. The molecular weight excluding hydrogens is 272 g/mol. The average molecular weight is 287 g/mol. The lowest BCUT2D eigenvalue weighted by Crippen LogP contribution is -2.42. The zero-order chi connectivity index (χ0) is 13.8. The number of aliphatic hydroxyl groups excluding tert-OH is 1. The first-order chi connectivity index (χ1) is 9.11. The molecule has 3 nitrogen and oxygen atoms in total. The Hall–Kier alpha value is -1.14. The Bertz CT molecular complexity index is 431. The molecule has 19 heavy (non-hydrogen) atoms. The maximum absolute atomic E-state index is 12.4. The summed E-state index contributed by atoms with van der Waals surface area (Å²) in [5.74, 6) is -0.324. The van der Waals surface area contributed by atoms with Gasteiger partial charge >= 0.3 is 0 Å². The number of carbonyl (C=O) groups excluding carboxylic acids is 1. The maximum Gasteiger partial charge on any atom is 0.255 e. The first-order valence-corrected chi connectivity index (χ1v) is 6.92. The van der Waals surface area contributed by atoms with Crippen molar-refractivity contribution in [2.24, 2.45) is 0 Å². The summed E-state index contributed by atoms with van der Waals surface area (Å²) in [4.78, 5) is 14.3. The Balaban J connectivity index is 2.04. The summed E-state index contributed by atoms with van der Waals surface area (Å²) in [5.41, 5.74) is 1.08. The minimum absolute atomic E-state index is 0.0451. The molecule has 0 spiro atoms. The fraction of sp³-hybridized carbons (Fsp3) is 0.462.